The van der Waals surface area contributed by atoms with E-state index < -0.39 is 0 Å². The van der Waals surface area contributed by atoms with Gasteiger partial charge in [0.2, 0.25) is 0 Å². The van der Waals surface area contributed by atoms with Gasteiger partial charge in [-0.3, -0.25) is 0 Å². The number of benzene rings is 3. The number of hydrogen-bond donors (Lipinski definition) is 0. The Bertz CT molecular complexity index is 989. The molecule has 0 aliphatic heterocycles. The minimum atomic E-state index is 1.09. The van der Waals surface area contributed by atoms with Gasteiger partial charge in [-0.15, -0.1) is 0 Å². The van der Waals surface area contributed by atoms with Crippen molar-refractivity contribution in [2.24, 2.45) is 0 Å². The summed E-state index contributed by atoms with van der Waals surface area (Å²) in [6, 6.07) is 16.2. The van der Waals surface area contributed by atoms with E-state index in [-0.39, 0.29) is 0 Å². The fourth-order valence-electron chi connectivity index (χ4n) is 4.63. The second-order valence-corrected chi connectivity index (χ2v) is 7.19. The molecule has 0 amide bonds. The third kappa shape index (κ3) is 1.67. The zero-order valence-corrected chi connectivity index (χ0v) is 14.0. The Morgan fingerprint density at radius 2 is 1.43 bits per heavy atom. The van der Waals surface area contributed by atoms with Gasteiger partial charge in [-0.05, 0) is 89.2 Å². The van der Waals surface area contributed by atoms with E-state index in [0.717, 1.165) is 12.8 Å². The molecule has 0 saturated carbocycles. The van der Waals surface area contributed by atoms with Crippen LogP contribution in [-0.2, 0) is 12.8 Å². The summed E-state index contributed by atoms with van der Waals surface area (Å²) >= 11 is 0. The molecule has 0 spiro atoms. The van der Waals surface area contributed by atoms with Crippen LogP contribution in [0.4, 0.5) is 0 Å². The molecule has 0 aromatic heterocycles. The van der Waals surface area contributed by atoms with Gasteiger partial charge in [0.15, 0.2) is 0 Å². The Morgan fingerprint density at radius 1 is 0.652 bits per heavy atom. The minimum Gasteiger partial charge on any atom is -0.0614 e. The van der Waals surface area contributed by atoms with Gasteiger partial charge in [-0.1, -0.05) is 48.0 Å². The number of fused-ring (bicyclic) bond motifs is 7. The largest absolute Gasteiger partial charge is 0.0614 e. The quantitative estimate of drug-likeness (QED) is 0.341. The normalized spacial score (nSPS) is 13.5. The van der Waals surface area contributed by atoms with Crippen LogP contribution < -0.4 is 0 Å². The number of hydrogen-bond acceptors (Lipinski definition) is 0. The first-order chi connectivity index (χ1) is 11.1. The molecule has 2 aliphatic rings. The molecule has 0 heteroatoms. The molecule has 0 radical (unpaired) electrons. The van der Waals surface area contributed by atoms with Gasteiger partial charge in [0.05, 0.1) is 0 Å². The molecular formula is C23H20. The van der Waals surface area contributed by atoms with E-state index in [0.29, 0.717) is 0 Å². The molecule has 0 atom stereocenters. The van der Waals surface area contributed by atoms with Crippen LogP contribution in [-0.4, -0.2) is 0 Å². The van der Waals surface area contributed by atoms with Crippen LogP contribution in [0, 0.1) is 20.8 Å². The molecule has 23 heavy (non-hydrogen) atoms. The fraction of sp³-hybridized carbons (Fsp3) is 0.217. The summed E-state index contributed by atoms with van der Waals surface area (Å²) in [4.78, 5) is 0. The third-order valence-electron chi connectivity index (χ3n) is 5.71. The SMILES string of the molecule is Cc1cc(C)c2c(c1)-c1c(ccc3c1Cc1c(C)cccc1-3)C2. The third-order valence-corrected chi connectivity index (χ3v) is 5.71. The minimum absolute atomic E-state index is 1.09. The Labute approximate surface area is 137 Å². The van der Waals surface area contributed by atoms with Crippen LogP contribution in [0.5, 0.6) is 0 Å². The molecule has 0 heterocycles. The van der Waals surface area contributed by atoms with Crippen LogP contribution in [0.1, 0.15) is 38.9 Å². The molecule has 0 fully saturated rings. The smallest absolute Gasteiger partial charge is 0.000455 e. The van der Waals surface area contributed by atoms with Crippen molar-refractivity contribution >= 4 is 0 Å². The summed E-state index contributed by atoms with van der Waals surface area (Å²) in [6.45, 7) is 6.72. The Kier molecular flexibility index (Phi) is 2.48. The van der Waals surface area contributed by atoms with Gasteiger partial charge in [0.25, 0.3) is 0 Å². The van der Waals surface area contributed by atoms with E-state index in [1.807, 2.05) is 0 Å². The molecule has 112 valence electrons. The lowest BCUT2D eigenvalue weighted by atomic mass is 9.94. The summed E-state index contributed by atoms with van der Waals surface area (Å²) in [6.07, 6.45) is 2.19. The molecule has 3 aromatic rings. The first-order valence-corrected chi connectivity index (χ1v) is 8.47. The molecule has 5 rings (SSSR count). The summed E-state index contributed by atoms with van der Waals surface area (Å²) in [7, 11) is 0. The van der Waals surface area contributed by atoms with E-state index in [9.17, 15) is 0 Å². The summed E-state index contributed by atoms with van der Waals surface area (Å²) in [5.74, 6) is 0. The maximum absolute atomic E-state index is 2.39. The van der Waals surface area contributed by atoms with Gasteiger partial charge < -0.3 is 0 Å². The molecular weight excluding hydrogens is 276 g/mol. The average molecular weight is 296 g/mol. The zero-order valence-electron chi connectivity index (χ0n) is 14.0. The molecule has 2 aliphatic carbocycles. The topological polar surface area (TPSA) is 0 Å². The first-order valence-electron chi connectivity index (χ1n) is 8.47. The van der Waals surface area contributed by atoms with Gasteiger partial charge >= 0.3 is 0 Å². The second kappa shape index (κ2) is 4.35. The summed E-state index contributed by atoms with van der Waals surface area (Å²) in [5, 5.41) is 0. The van der Waals surface area contributed by atoms with Crippen molar-refractivity contribution in [3.63, 3.8) is 0 Å². The second-order valence-electron chi connectivity index (χ2n) is 7.19. The number of aryl methyl sites for hydroxylation is 3. The van der Waals surface area contributed by atoms with Crippen LogP contribution in [0.3, 0.4) is 0 Å². The molecule has 0 bridgehead atoms. The van der Waals surface area contributed by atoms with E-state index >= 15 is 0 Å². The van der Waals surface area contributed by atoms with Crippen LogP contribution in [0.15, 0.2) is 42.5 Å². The summed E-state index contributed by atoms with van der Waals surface area (Å²) in [5.41, 5.74) is 16.3. The number of rotatable bonds is 0. The van der Waals surface area contributed by atoms with E-state index in [4.69, 9.17) is 0 Å². The van der Waals surface area contributed by atoms with Crippen molar-refractivity contribution in [1.82, 2.24) is 0 Å². The predicted octanol–water partition coefficient (Wildman–Crippen LogP) is 5.75. The van der Waals surface area contributed by atoms with Gasteiger partial charge in [0.1, 0.15) is 0 Å². The van der Waals surface area contributed by atoms with Crippen molar-refractivity contribution in [3.05, 3.63) is 81.4 Å². The van der Waals surface area contributed by atoms with Crippen molar-refractivity contribution in [3.8, 4) is 22.3 Å². The fourth-order valence-corrected chi connectivity index (χ4v) is 4.63. The zero-order chi connectivity index (χ0) is 15.7. The monoisotopic (exact) mass is 296 g/mol. The van der Waals surface area contributed by atoms with Gasteiger partial charge in [-0.25, -0.2) is 0 Å². The van der Waals surface area contributed by atoms with Crippen molar-refractivity contribution in [1.29, 1.82) is 0 Å². The molecule has 0 unspecified atom stereocenters. The maximum Gasteiger partial charge on any atom is -0.000455 e. The Balaban J connectivity index is 1.82. The van der Waals surface area contributed by atoms with Crippen molar-refractivity contribution in [2.75, 3.05) is 0 Å². The van der Waals surface area contributed by atoms with Crippen molar-refractivity contribution < 1.29 is 0 Å². The highest BCUT2D eigenvalue weighted by Gasteiger charge is 2.29. The molecule has 0 nitrogen and oxygen atoms in total. The van der Waals surface area contributed by atoms with Gasteiger partial charge in [0, 0.05) is 0 Å². The van der Waals surface area contributed by atoms with Gasteiger partial charge in [-0.2, -0.15) is 0 Å². The summed E-state index contributed by atoms with van der Waals surface area (Å²) < 4.78 is 0. The Morgan fingerprint density at radius 3 is 2.30 bits per heavy atom. The average Bonchev–Trinajstić information content (AvgIpc) is 3.06. The molecule has 0 saturated heterocycles. The van der Waals surface area contributed by atoms with Crippen molar-refractivity contribution in [2.45, 2.75) is 33.6 Å². The predicted molar refractivity (Wildman–Crippen MR) is 97.1 cm³/mol. The first kappa shape index (κ1) is 13.1. The lowest BCUT2D eigenvalue weighted by molar-refractivity contribution is 1.20. The standard InChI is InChI=1S/C23H20/c1-13-9-15(3)19-11-16-7-8-18-17-6-4-5-14(2)20(17)12-22(18)23(16)21(19)10-13/h4-10H,11-12H2,1-3H3. The molecule has 3 aromatic carbocycles. The van der Waals surface area contributed by atoms with Crippen LogP contribution in [0.2, 0.25) is 0 Å². The molecule has 0 N–H and O–H groups in total. The highest BCUT2D eigenvalue weighted by atomic mass is 14.3. The Hall–Kier alpha value is -2.34. The van der Waals surface area contributed by atoms with Crippen LogP contribution >= 0.6 is 0 Å². The van der Waals surface area contributed by atoms with E-state index in [2.05, 4.69) is 63.2 Å². The lowest BCUT2D eigenvalue weighted by Crippen LogP contribution is -1.90. The van der Waals surface area contributed by atoms with E-state index in [1.54, 1.807) is 5.56 Å². The lowest BCUT2D eigenvalue weighted by Gasteiger charge is -2.10. The highest BCUT2D eigenvalue weighted by molar-refractivity contribution is 5.90. The maximum atomic E-state index is 2.39. The van der Waals surface area contributed by atoms with Crippen LogP contribution in [0.25, 0.3) is 22.3 Å². The highest BCUT2D eigenvalue weighted by Crippen LogP contribution is 2.48. The van der Waals surface area contributed by atoms with E-state index in [1.165, 1.54) is 55.6 Å².